The number of benzene rings is 2. The zero-order valence-corrected chi connectivity index (χ0v) is 15.7. The van der Waals surface area contributed by atoms with Crippen LogP contribution in [0.25, 0.3) is 0 Å². The molecule has 0 aliphatic carbocycles. The second-order valence-corrected chi connectivity index (χ2v) is 6.23. The van der Waals surface area contributed by atoms with E-state index < -0.39 is 18.2 Å². The van der Waals surface area contributed by atoms with E-state index in [0.717, 1.165) is 10.5 Å². The highest BCUT2D eigenvalue weighted by Gasteiger charge is 2.38. The normalized spacial score (nSPS) is 17.2. The van der Waals surface area contributed by atoms with Gasteiger partial charge in [0, 0.05) is 6.42 Å². The van der Waals surface area contributed by atoms with E-state index in [1.54, 1.807) is 0 Å². The number of aliphatic hydroxyl groups is 1. The third kappa shape index (κ3) is 5.08. The van der Waals surface area contributed by atoms with Gasteiger partial charge in [-0.25, -0.2) is 14.1 Å². The summed E-state index contributed by atoms with van der Waals surface area (Å²) in [5.74, 6) is -0.691. The van der Waals surface area contributed by atoms with Crippen LogP contribution >= 0.6 is 13.5 Å². The van der Waals surface area contributed by atoms with Gasteiger partial charge in [0.15, 0.2) is 0 Å². The van der Waals surface area contributed by atoms with Crippen LogP contribution in [0.5, 0.6) is 0 Å². The average molecular weight is 391 g/mol. The van der Waals surface area contributed by atoms with Crippen molar-refractivity contribution in [2.75, 3.05) is 6.61 Å². The van der Waals surface area contributed by atoms with Crippen molar-refractivity contribution in [1.82, 2.24) is 4.90 Å². The zero-order chi connectivity index (χ0) is 18.5. The maximum absolute atomic E-state index is 12.9. The van der Waals surface area contributed by atoms with Crippen LogP contribution in [0.4, 0.5) is 9.18 Å². The van der Waals surface area contributed by atoms with Gasteiger partial charge in [0.05, 0.1) is 6.10 Å². The minimum Gasteiger partial charge on any atom is -0.446 e. The van der Waals surface area contributed by atoms with Crippen LogP contribution in [0.1, 0.15) is 42.5 Å². The van der Waals surface area contributed by atoms with Crippen molar-refractivity contribution in [3.8, 4) is 0 Å². The molecule has 7 heteroatoms. The lowest BCUT2D eigenvalue weighted by atomic mass is 10.0. The number of carbonyl (C=O) groups excluding carboxylic acids is 2. The predicted octanol–water partition coefficient (Wildman–Crippen LogP) is 3.86. The first-order valence-electron chi connectivity index (χ1n) is 8.53. The van der Waals surface area contributed by atoms with Crippen LogP contribution in [-0.4, -0.2) is 28.6 Å². The maximum Gasteiger partial charge on any atom is 0.417 e. The molecule has 1 heterocycles. The van der Waals surface area contributed by atoms with Gasteiger partial charge in [0.25, 0.3) is 0 Å². The molecule has 2 aromatic carbocycles. The third-order valence-corrected chi connectivity index (χ3v) is 4.45. The fourth-order valence-electron chi connectivity index (χ4n) is 3.04. The molecule has 2 aromatic rings. The summed E-state index contributed by atoms with van der Waals surface area (Å²) in [6, 6.07) is 14.5. The van der Waals surface area contributed by atoms with Crippen molar-refractivity contribution in [1.29, 1.82) is 0 Å². The Hall–Kier alpha value is -2.38. The summed E-state index contributed by atoms with van der Waals surface area (Å²) in [5.41, 5.74) is 1.44. The number of ether oxygens (including phenoxy) is 1. The Bertz CT molecular complexity index is 769. The molecular formula is C20H22FNO4S. The zero-order valence-electron chi connectivity index (χ0n) is 14.7. The first kappa shape index (κ1) is 20.9. The molecule has 144 valence electrons. The average Bonchev–Trinajstić information content (AvgIpc) is 3.04. The molecule has 1 aliphatic rings. The van der Waals surface area contributed by atoms with Gasteiger partial charge in [-0.05, 0) is 36.1 Å². The van der Waals surface area contributed by atoms with Gasteiger partial charge < -0.3 is 9.84 Å². The summed E-state index contributed by atoms with van der Waals surface area (Å²) in [5, 5.41) is 10.1. The molecule has 1 N–H and O–H groups in total. The lowest BCUT2D eigenvalue weighted by Crippen LogP contribution is -2.34. The van der Waals surface area contributed by atoms with Crippen LogP contribution < -0.4 is 0 Å². The standard InChI is InChI=1S/C20H20FNO4.H2S/c21-16-11-9-15(10-12-16)18(23)7-4-8-19(24)22-17(13-26-20(22)25)14-5-2-1-3-6-14;/h1-3,5-6,9-12,17-18,23H,4,7-8,13H2;1H2/t17-,18+;/m1./s1. The van der Waals surface area contributed by atoms with E-state index in [-0.39, 0.29) is 38.2 Å². The number of cyclic esters (lactones) is 1. The number of rotatable bonds is 6. The Morgan fingerprint density at radius 3 is 2.52 bits per heavy atom. The van der Waals surface area contributed by atoms with E-state index in [0.29, 0.717) is 18.4 Å². The summed E-state index contributed by atoms with van der Waals surface area (Å²) in [4.78, 5) is 25.6. The minimum atomic E-state index is -0.779. The predicted molar refractivity (Wildman–Crippen MR) is 103 cm³/mol. The maximum atomic E-state index is 12.9. The van der Waals surface area contributed by atoms with Crippen LogP contribution in [0, 0.1) is 5.82 Å². The molecular weight excluding hydrogens is 369 g/mol. The molecule has 0 spiro atoms. The Labute approximate surface area is 164 Å². The molecule has 0 saturated carbocycles. The number of carbonyl (C=O) groups is 2. The van der Waals surface area contributed by atoms with Gasteiger partial charge in [-0.2, -0.15) is 13.5 Å². The Kier molecular flexibility index (Phi) is 7.38. The summed E-state index contributed by atoms with van der Waals surface area (Å²) >= 11 is 0. The van der Waals surface area contributed by atoms with Gasteiger partial charge in [-0.15, -0.1) is 0 Å². The van der Waals surface area contributed by atoms with Crippen LogP contribution in [-0.2, 0) is 9.53 Å². The number of amides is 2. The SMILES string of the molecule is O=C(CCC[C@H](O)c1ccc(F)cc1)N1C(=O)OC[C@@H]1c1ccccc1.S. The lowest BCUT2D eigenvalue weighted by molar-refractivity contribution is -0.129. The molecule has 1 fully saturated rings. The van der Waals surface area contributed by atoms with Gasteiger partial charge >= 0.3 is 6.09 Å². The molecule has 1 saturated heterocycles. The highest BCUT2D eigenvalue weighted by molar-refractivity contribution is 7.59. The fourth-order valence-corrected chi connectivity index (χ4v) is 3.04. The van der Waals surface area contributed by atoms with E-state index in [4.69, 9.17) is 4.74 Å². The quantitative estimate of drug-likeness (QED) is 0.812. The molecule has 0 bridgehead atoms. The van der Waals surface area contributed by atoms with Crippen LogP contribution in [0.15, 0.2) is 54.6 Å². The van der Waals surface area contributed by atoms with E-state index in [1.165, 1.54) is 24.3 Å². The Morgan fingerprint density at radius 2 is 1.85 bits per heavy atom. The number of nitrogens with zero attached hydrogens (tertiary/aromatic N) is 1. The van der Waals surface area contributed by atoms with E-state index in [2.05, 4.69) is 0 Å². The molecule has 2 atom stereocenters. The first-order valence-corrected chi connectivity index (χ1v) is 8.53. The van der Waals surface area contributed by atoms with Crippen molar-refractivity contribution in [2.45, 2.75) is 31.4 Å². The molecule has 5 nitrogen and oxygen atoms in total. The lowest BCUT2D eigenvalue weighted by Gasteiger charge is -2.20. The number of halogens is 1. The van der Waals surface area contributed by atoms with Crippen molar-refractivity contribution in [3.63, 3.8) is 0 Å². The number of aliphatic hydroxyl groups excluding tert-OH is 1. The number of imide groups is 1. The topological polar surface area (TPSA) is 66.8 Å². The van der Waals surface area contributed by atoms with Gasteiger partial charge in [-0.3, -0.25) is 4.79 Å². The molecule has 1 aliphatic heterocycles. The fraction of sp³-hybridized carbons (Fsp3) is 0.300. The van der Waals surface area contributed by atoms with Crippen molar-refractivity contribution in [3.05, 3.63) is 71.5 Å². The van der Waals surface area contributed by atoms with Crippen molar-refractivity contribution in [2.24, 2.45) is 0 Å². The molecule has 27 heavy (non-hydrogen) atoms. The van der Waals surface area contributed by atoms with Crippen LogP contribution in [0.3, 0.4) is 0 Å². The highest BCUT2D eigenvalue weighted by Crippen LogP contribution is 2.29. The third-order valence-electron chi connectivity index (χ3n) is 4.45. The van der Waals surface area contributed by atoms with Gasteiger partial charge in [-0.1, -0.05) is 42.5 Å². The minimum absolute atomic E-state index is 0. The summed E-state index contributed by atoms with van der Waals surface area (Å²) in [6.45, 7) is 0.146. The smallest absolute Gasteiger partial charge is 0.417 e. The van der Waals surface area contributed by atoms with Crippen molar-refractivity contribution < 1.29 is 23.8 Å². The molecule has 0 aromatic heterocycles. The van der Waals surface area contributed by atoms with Crippen molar-refractivity contribution >= 4 is 25.5 Å². The molecule has 2 amide bonds. The molecule has 3 rings (SSSR count). The summed E-state index contributed by atoms with van der Waals surface area (Å²) < 4.78 is 18.0. The summed E-state index contributed by atoms with van der Waals surface area (Å²) in [6.07, 6.45) is -0.544. The van der Waals surface area contributed by atoms with Gasteiger partial charge in [0.2, 0.25) is 5.91 Å². The Balaban J connectivity index is 0.00000261. The van der Waals surface area contributed by atoms with Gasteiger partial charge in [0.1, 0.15) is 18.5 Å². The monoisotopic (exact) mass is 391 g/mol. The molecule has 0 radical (unpaired) electrons. The molecule has 0 unspecified atom stereocenters. The number of hydrogen-bond acceptors (Lipinski definition) is 4. The largest absolute Gasteiger partial charge is 0.446 e. The number of hydrogen-bond donors (Lipinski definition) is 1. The summed E-state index contributed by atoms with van der Waals surface area (Å²) in [7, 11) is 0. The highest BCUT2D eigenvalue weighted by atomic mass is 32.1. The Morgan fingerprint density at radius 1 is 1.19 bits per heavy atom. The van der Waals surface area contributed by atoms with E-state index in [1.807, 2.05) is 30.3 Å². The van der Waals surface area contributed by atoms with E-state index >= 15 is 0 Å². The van der Waals surface area contributed by atoms with Crippen LogP contribution in [0.2, 0.25) is 0 Å². The van der Waals surface area contributed by atoms with E-state index in [9.17, 15) is 19.1 Å². The second kappa shape index (κ2) is 9.53. The first-order chi connectivity index (χ1) is 12.6. The second-order valence-electron chi connectivity index (χ2n) is 6.23.